The standard InChI is InChI=1S/C20H28N4O3/c1-14-11-17(15(2)24(14)9-6-10-27-4)19(25)21-12-16-13-23-8-5-7-18(23)20(26)22(16)3/h5,7-8,11,16H,6,9-10,12-13H2,1-4H3,(H,21,25). The van der Waals surface area contributed by atoms with Crippen LogP contribution in [0, 0.1) is 13.8 Å². The number of amides is 2. The number of nitrogens with zero attached hydrogens (tertiary/aromatic N) is 3. The quantitative estimate of drug-likeness (QED) is 0.754. The van der Waals surface area contributed by atoms with E-state index in [2.05, 4.69) is 9.88 Å². The molecule has 0 saturated heterocycles. The van der Waals surface area contributed by atoms with Crippen molar-refractivity contribution in [1.82, 2.24) is 19.4 Å². The van der Waals surface area contributed by atoms with Crippen LogP contribution in [0.5, 0.6) is 0 Å². The van der Waals surface area contributed by atoms with E-state index in [1.807, 2.05) is 42.8 Å². The number of hydrogen-bond donors (Lipinski definition) is 1. The van der Waals surface area contributed by atoms with Gasteiger partial charge >= 0.3 is 0 Å². The summed E-state index contributed by atoms with van der Waals surface area (Å²) in [6.45, 7) is 6.61. The van der Waals surface area contributed by atoms with E-state index in [0.29, 0.717) is 31.0 Å². The third kappa shape index (κ3) is 3.78. The van der Waals surface area contributed by atoms with E-state index in [1.165, 1.54) is 0 Å². The summed E-state index contributed by atoms with van der Waals surface area (Å²) in [5, 5.41) is 3.01. The predicted molar refractivity (Wildman–Crippen MR) is 103 cm³/mol. The maximum Gasteiger partial charge on any atom is 0.270 e. The van der Waals surface area contributed by atoms with Gasteiger partial charge in [-0.25, -0.2) is 0 Å². The summed E-state index contributed by atoms with van der Waals surface area (Å²) < 4.78 is 9.21. The minimum atomic E-state index is -0.0970. The summed E-state index contributed by atoms with van der Waals surface area (Å²) in [6, 6.07) is 5.57. The van der Waals surface area contributed by atoms with Crippen molar-refractivity contribution < 1.29 is 14.3 Å². The molecule has 0 saturated carbocycles. The van der Waals surface area contributed by atoms with Crippen molar-refractivity contribution in [3.05, 3.63) is 47.0 Å². The fraction of sp³-hybridized carbons (Fsp3) is 0.500. The van der Waals surface area contributed by atoms with Gasteiger partial charge in [-0.3, -0.25) is 9.59 Å². The van der Waals surface area contributed by atoms with E-state index in [-0.39, 0.29) is 17.9 Å². The third-order valence-corrected chi connectivity index (χ3v) is 5.37. The van der Waals surface area contributed by atoms with E-state index >= 15 is 0 Å². The molecule has 7 nitrogen and oxygen atoms in total. The molecule has 2 aromatic rings. The number of nitrogens with one attached hydrogen (secondary N) is 1. The highest BCUT2D eigenvalue weighted by Gasteiger charge is 2.29. The zero-order chi connectivity index (χ0) is 19.6. The molecule has 27 heavy (non-hydrogen) atoms. The number of likely N-dealkylation sites (N-methyl/N-ethyl adjacent to an activating group) is 1. The molecule has 0 aliphatic carbocycles. The Morgan fingerprint density at radius 2 is 2.15 bits per heavy atom. The van der Waals surface area contributed by atoms with Crippen molar-refractivity contribution in [2.45, 2.75) is 39.4 Å². The lowest BCUT2D eigenvalue weighted by Gasteiger charge is -2.33. The van der Waals surface area contributed by atoms with Crippen LogP contribution in [0.2, 0.25) is 0 Å². The van der Waals surface area contributed by atoms with Crippen molar-refractivity contribution >= 4 is 11.8 Å². The second-order valence-electron chi connectivity index (χ2n) is 7.11. The minimum absolute atomic E-state index is 0.0122. The van der Waals surface area contributed by atoms with Gasteiger partial charge in [0.2, 0.25) is 0 Å². The maximum absolute atomic E-state index is 12.7. The molecule has 0 radical (unpaired) electrons. The lowest BCUT2D eigenvalue weighted by atomic mass is 10.1. The number of carbonyl (C=O) groups is 2. The lowest BCUT2D eigenvalue weighted by Crippen LogP contribution is -2.50. The van der Waals surface area contributed by atoms with Crippen LogP contribution in [-0.2, 0) is 17.8 Å². The van der Waals surface area contributed by atoms with Gasteiger partial charge in [-0.2, -0.15) is 0 Å². The van der Waals surface area contributed by atoms with E-state index in [0.717, 1.165) is 24.4 Å². The lowest BCUT2D eigenvalue weighted by molar-refractivity contribution is 0.0645. The van der Waals surface area contributed by atoms with Gasteiger partial charge in [0, 0.05) is 58.0 Å². The molecule has 3 rings (SSSR count). The second kappa shape index (κ2) is 8.00. The van der Waals surface area contributed by atoms with Gasteiger partial charge in [-0.1, -0.05) is 0 Å². The smallest absolute Gasteiger partial charge is 0.270 e. The highest BCUT2D eigenvalue weighted by Crippen LogP contribution is 2.18. The SMILES string of the molecule is COCCCn1c(C)cc(C(=O)NCC2Cn3cccc3C(=O)N2C)c1C. The summed E-state index contributed by atoms with van der Waals surface area (Å²) in [6.07, 6.45) is 2.81. The van der Waals surface area contributed by atoms with E-state index < -0.39 is 0 Å². The first-order chi connectivity index (χ1) is 12.9. The van der Waals surface area contributed by atoms with Gasteiger partial charge in [-0.05, 0) is 38.5 Å². The number of fused-ring (bicyclic) bond motifs is 1. The predicted octanol–water partition coefficient (Wildman–Crippen LogP) is 1.83. The van der Waals surface area contributed by atoms with Crippen LogP contribution in [-0.4, -0.2) is 59.2 Å². The normalized spacial score (nSPS) is 16.5. The maximum atomic E-state index is 12.7. The average molecular weight is 372 g/mol. The molecule has 1 aliphatic heterocycles. The Hall–Kier alpha value is -2.54. The first-order valence-corrected chi connectivity index (χ1v) is 9.30. The van der Waals surface area contributed by atoms with Crippen molar-refractivity contribution in [3.8, 4) is 0 Å². The van der Waals surface area contributed by atoms with Crippen LogP contribution in [0.25, 0.3) is 0 Å². The van der Waals surface area contributed by atoms with Crippen molar-refractivity contribution in [2.24, 2.45) is 0 Å². The molecular formula is C20H28N4O3. The summed E-state index contributed by atoms with van der Waals surface area (Å²) in [5.41, 5.74) is 3.41. The van der Waals surface area contributed by atoms with Crippen LogP contribution >= 0.6 is 0 Å². The van der Waals surface area contributed by atoms with Gasteiger partial charge < -0.3 is 24.1 Å². The number of aromatic nitrogens is 2. The van der Waals surface area contributed by atoms with Crippen LogP contribution in [0.4, 0.5) is 0 Å². The largest absolute Gasteiger partial charge is 0.385 e. The van der Waals surface area contributed by atoms with Gasteiger partial charge in [0.25, 0.3) is 11.8 Å². The summed E-state index contributed by atoms with van der Waals surface area (Å²) in [5.74, 6) is -0.109. The molecule has 0 aromatic carbocycles. The molecule has 2 amide bonds. The fourth-order valence-electron chi connectivity index (χ4n) is 3.71. The number of rotatable bonds is 7. The summed E-state index contributed by atoms with van der Waals surface area (Å²) >= 11 is 0. The number of carbonyl (C=O) groups excluding carboxylic acids is 2. The van der Waals surface area contributed by atoms with Gasteiger partial charge in [-0.15, -0.1) is 0 Å². The first-order valence-electron chi connectivity index (χ1n) is 9.30. The number of aryl methyl sites for hydroxylation is 1. The Balaban J connectivity index is 1.65. The van der Waals surface area contributed by atoms with Crippen LogP contribution in [0.3, 0.4) is 0 Å². The fourth-order valence-corrected chi connectivity index (χ4v) is 3.71. The summed E-state index contributed by atoms with van der Waals surface area (Å²) in [7, 11) is 3.48. The number of hydrogen-bond acceptors (Lipinski definition) is 3. The van der Waals surface area contributed by atoms with Crippen LogP contribution in [0.15, 0.2) is 24.4 Å². The minimum Gasteiger partial charge on any atom is -0.385 e. The Bertz CT molecular complexity index is 836. The Morgan fingerprint density at radius 1 is 1.37 bits per heavy atom. The van der Waals surface area contributed by atoms with Crippen LogP contribution < -0.4 is 5.32 Å². The molecule has 3 heterocycles. The Kier molecular flexibility index (Phi) is 5.70. The molecular weight excluding hydrogens is 344 g/mol. The Morgan fingerprint density at radius 3 is 2.89 bits per heavy atom. The molecule has 2 aromatic heterocycles. The number of ether oxygens (including phenoxy) is 1. The van der Waals surface area contributed by atoms with Crippen molar-refractivity contribution in [2.75, 3.05) is 27.3 Å². The average Bonchev–Trinajstić information content (AvgIpc) is 3.22. The molecule has 1 N–H and O–H groups in total. The molecule has 7 heteroatoms. The highest BCUT2D eigenvalue weighted by molar-refractivity contribution is 5.96. The van der Waals surface area contributed by atoms with Crippen molar-refractivity contribution in [3.63, 3.8) is 0 Å². The molecule has 1 unspecified atom stereocenters. The molecule has 1 aliphatic rings. The molecule has 146 valence electrons. The Labute approximate surface area is 159 Å². The van der Waals surface area contributed by atoms with Crippen LogP contribution in [0.1, 0.15) is 38.7 Å². The second-order valence-corrected chi connectivity index (χ2v) is 7.11. The van der Waals surface area contributed by atoms with E-state index in [9.17, 15) is 9.59 Å². The zero-order valence-corrected chi connectivity index (χ0v) is 16.5. The van der Waals surface area contributed by atoms with Crippen molar-refractivity contribution in [1.29, 1.82) is 0 Å². The zero-order valence-electron chi connectivity index (χ0n) is 16.5. The third-order valence-electron chi connectivity index (χ3n) is 5.37. The van der Waals surface area contributed by atoms with E-state index in [1.54, 1.807) is 19.1 Å². The van der Waals surface area contributed by atoms with Gasteiger partial charge in [0.05, 0.1) is 11.6 Å². The molecule has 1 atom stereocenters. The molecule has 0 bridgehead atoms. The monoisotopic (exact) mass is 372 g/mol. The van der Waals surface area contributed by atoms with Gasteiger partial charge in [0.1, 0.15) is 5.69 Å². The summed E-state index contributed by atoms with van der Waals surface area (Å²) in [4.78, 5) is 26.8. The first kappa shape index (κ1) is 19.2. The number of methoxy groups -OCH3 is 1. The molecule has 0 spiro atoms. The molecule has 0 fully saturated rings. The highest BCUT2D eigenvalue weighted by atomic mass is 16.5. The van der Waals surface area contributed by atoms with E-state index in [4.69, 9.17) is 4.74 Å². The van der Waals surface area contributed by atoms with Gasteiger partial charge in [0.15, 0.2) is 0 Å². The topological polar surface area (TPSA) is 68.5 Å².